The highest BCUT2D eigenvalue weighted by Crippen LogP contribution is 2.36. The van der Waals surface area contributed by atoms with Gasteiger partial charge in [-0.25, -0.2) is 0 Å². The summed E-state index contributed by atoms with van der Waals surface area (Å²) in [5.74, 6) is 0. The molecule has 28 heavy (non-hydrogen) atoms. The van der Waals surface area contributed by atoms with Crippen LogP contribution in [0.15, 0.2) is 109 Å². The molecular weight excluding hydrogens is 336 g/mol. The summed E-state index contributed by atoms with van der Waals surface area (Å²) >= 11 is 0. The molecule has 0 N–H and O–H groups in total. The first-order valence-electron chi connectivity index (χ1n) is 9.70. The molecule has 0 aliphatic carbocycles. The monoisotopic (exact) mass is 354 g/mol. The molecular formula is C28H18. The van der Waals surface area contributed by atoms with Gasteiger partial charge in [0.1, 0.15) is 0 Å². The van der Waals surface area contributed by atoms with E-state index in [2.05, 4.69) is 109 Å². The first kappa shape index (κ1) is 15.4. The molecule has 0 aromatic heterocycles. The fourth-order valence-electron chi connectivity index (χ4n) is 4.40. The molecule has 130 valence electrons. The van der Waals surface area contributed by atoms with Crippen LogP contribution in [0.25, 0.3) is 54.2 Å². The molecule has 0 saturated heterocycles. The van der Waals surface area contributed by atoms with Crippen molar-refractivity contribution in [1.82, 2.24) is 0 Å². The maximum Gasteiger partial charge on any atom is -0.00988 e. The molecule has 0 saturated carbocycles. The summed E-state index contributed by atoms with van der Waals surface area (Å²) in [5, 5.41) is 10.4. The summed E-state index contributed by atoms with van der Waals surface area (Å²) in [7, 11) is 0. The van der Waals surface area contributed by atoms with Crippen molar-refractivity contribution in [1.29, 1.82) is 0 Å². The number of hydrogen-bond donors (Lipinski definition) is 0. The first-order chi connectivity index (χ1) is 13.9. The summed E-state index contributed by atoms with van der Waals surface area (Å²) in [6, 6.07) is 39.7. The highest BCUT2D eigenvalue weighted by Gasteiger charge is 2.09. The summed E-state index contributed by atoms with van der Waals surface area (Å²) in [4.78, 5) is 0. The fraction of sp³-hybridized carbons (Fsp3) is 0. The Kier molecular flexibility index (Phi) is 3.27. The lowest BCUT2D eigenvalue weighted by Crippen LogP contribution is -1.85. The fourth-order valence-corrected chi connectivity index (χ4v) is 4.40. The van der Waals surface area contributed by atoms with Gasteiger partial charge in [-0.2, -0.15) is 0 Å². The van der Waals surface area contributed by atoms with Crippen LogP contribution in [0.1, 0.15) is 0 Å². The molecule has 0 spiro atoms. The van der Waals surface area contributed by atoms with Crippen LogP contribution >= 0.6 is 0 Å². The number of benzene rings is 6. The molecule has 0 amide bonds. The van der Waals surface area contributed by atoms with E-state index in [9.17, 15) is 0 Å². The Labute approximate surface area is 163 Å². The van der Waals surface area contributed by atoms with Gasteiger partial charge >= 0.3 is 0 Å². The van der Waals surface area contributed by atoms with Crippen LogP contribution in [0, 0.1) is 0 Å². The zero-order valence-electron chi connectivity index (χ0n) is 15.4. The Morgan fingerprint density at radius 3 is 1.68 bits per heavy atom. The Morgan fingerprint density at radius 2 is 0.893 bits per heavy atom. The van der Waals surface area contributed by atoms with Crippen LogP contribution < -0.4 is 0 Å². The van der Waals surface area contributed by atoms with Crippen molar-refractivity contribution in [2.75, 3.05) is 0 Å². The summed E-state index contributed by atoms with van der Waals surface area (Å²) in [5.41, 5.74) is 2.56. The van der Waals surface area contributed by atoms with Gasteiger partial charge in [-0.1, -0.05) is 84.9 Å². The SMILES string of the molecule is c1ccc2cc3cc(-c4cc5ccccc5c5ccccc45)ccc3cc2c1. The van der Waals surface area contributed by atoms with Gasteiger partial charge in [-0.3, -0.25) is 0 Å². The van der Waals surface area contributed by atoms with E-state index in [0.29, 0.717) is 0 Å². The molecule has 0 unspecified atom stereocenters. The van der Waals surface area contributed by atoms with E-state index < -0.39 is 0 Å². The van der Waals surface area contributed by atoms with Crippen LogP contribution in [0.2, 0.25) is 0 Å². The molecule has 0 atom stereocenters. The van der Waals surface area contributed by atoms with Crippen molar-refractivity contribution in [3.8, 4) is 11.1 Å². The highest BCUT2D eigenvalue weighted by molar-refractivity contribution is 6.14. The Bertz CT molecular complexity index is 1510. The molecule has 6 aromatic rings. The van der Waals surface area contributed by atoms with Gasteiger partial charge in [-0.05, 0) is 78.5 Å². The smallest absolute Gasteiger partial charge is 0.00988 e. The molecule has 0 aliphatic heterocycles. The normalized spacial score (nSPS) is 11.6. The molecule has 0 heterocycles. The molecule has 0 nitrogen and oxygen atoms in total. The van der Waals surface area contributed by atoms with E-state index in [1.165, 1.54) is 54.2 Å². The minimum absolute atomic E-state index is 1.27. The molecule has 0 aliphatic rings. The largest absolute Gasteiger partial charge is 0.0616 e. The predicted molar refractivity (Wildman–Crippen MR) is 122 cm³/mol. The third-order valence-corrected chi connectivity index (χ3v) is 5.78. The van der Waals surface area contributed by atoms with Gasteiger partial charge in [-0.15, -0.1) is 0 Å². The predicted octanol–water partition coefficient (Wildman–Crippen LogP) is 7.97. The van der Waals surface area contributed by atoms with E-state index in [0.717, 1.165) is 0 Å². The lowest BCUT2D eigenvalue weighted by Gasteiger charge is -2.12. The van der Waals surface area contributed by atoms with Crippen LogP contribution in [0.3, 0.4) is 0 Å². The molecule has 0 heteroatoms. The van der Waals surface area contributed by atoms with E-state index in [1.54, 1.807) is 0 Å². The maximum atomic E-state index is 2.33. The highest BCUT2D eigenvalue weighted by atomic mass is 14.1. The van der Waals surface area contributed by atoms with Crippen LogP contribution in [0.4, 0.5) is 0 Å². The van der Waals surface area contributed by atoms with Crippen molar-refractivity contribution in [2.24, 2.45) is 0 Å². The van der Waals surface area contributed by atoms with Gasteiger partial charge in [0.2, 0.25) is 0 Å². The van der Waals surface area contributed by atoms with E-state index in [1.807, 2.05) is 0 Å². The van der Waals surface area contributed by atoms with Gasteiger partial charge in [0.05, 0.1) is 0 Å². The van der Waals surface area contributed by atoms with Crippen LogP contribution in [0.5, 0.6) is 0 Å². The zero-order chi connectivity index (χ0) is 18.5. The van der Waals surface area contributed by atoms with E-state index in [-0.39, 0.29) is 0 Å². The van der Waals surface area contributed by atoms with Crippen molar-refractivity contribution in [3.63, 3.8) is 0 Å². The molecule has 0 radical (unpaired) electrons. The second kappa shape index (κ2) is 5.94. The average Bonchev–Trinajstić information content (AvgIpc) is 2.77. The molecule has 6 rings (SSSR count). The third kappa shape index (κ3) is 2.32. The molecule has 6 aromatic carbocycles. The Morgan fingerprint density at radius 1 is 0.321 bits per heavy atom. The third-order valence-electron chi connectivity index (χ3n) is 5.78. The molecule has 0 fully saturated rings. The number of fused-ring (bicyclic) bond motifs is 5. The lowest BCUT2D eigenvalue weighted by molar-refractivity contribution is 1.70. The van der Waals surface area contributed by atoms with Gasteiger partial charge < -0.3 is 0 Å². The van der Waals surface area contributed by atoms with Crippen molar-refractivity contribution < 1.29 is 0 Å². The minimum Gasteiger partial charge on any atom is -0.0616 e. The first-order valence-corrected chi connectivity index (χ1v) is 9.70. The summed E-state index contributed by atoms with van der Waals surface area (Å²) in [6.07, 6.45) is 0. The van der Waals surface area contributed by atoms with Crippen molar-refractivity contribution in [2.45, 2.75) is 0 Å². The van der Waals surface area contributed by atoms with Gasteiger partial charge in [0.25, 0.3) is 0 Å². The maximum absolute atomic E-state index is 2.33. The number of rotatable bonds is 1. The van der Waals surface area contributed by atoms with E-state index in [4.69, 9.17) is 0 Å². The second-order valence-corrected chi connectivity index (χ2v) is 7.45. The summed E-state index contributed by atoms with van der Waals surface area (Å²) < 4.78 is 0. The lowest BCUT2D eigenvalue weighted by atomic mass is 9.92. The van der Waals surface area contributed by atoms with Crippen LogP contribution in [-0.4, -0.2) is 0 Å². The second-order valence-electron chi connectivity index (χ2n) is 7.45. The number of hydrogen-bond acceptors (Lipinski definition) is 0. The van der Waals surface area contributed by atoms with Gasteiger partial charge in [0.15, 0.2) is 0 Å². The van der Waals surface area contributed by atoms with Gasteiger partial charge in [0, 0.05) is 0 Å². The zero-order valence-corrected chi connectivity index (χ0v) is 15.4. The van der Waals surface area contributed by atoms with Crippen molar-refractivity contribution in [3.05, 3.63) is 109 Å². The van der Waals surface area contributed by atoms with Crippen LogP contribution in [-0.2, 0) is 0 Å². The topological polar surface area (TPSA) is 0 Å². The Balaban J connectivity index is 1.67. The van der Waals surface area contributed by atoms with E-state index >= 15 is 0 Å². The summed E-state index contributed by atoms with van der Waals surface area (Å²) in [6.45, 7) is 0. The Hall–Kier alpha value is -3.64. The molecule has 0 bridgehead atoms. The van der Waals surface area contributed by atoms with Crippen molar-refractivity contribution >= 4 is 43.1 Å². The average molecular weight is 354 g/mol. The standard InChI is InChI=1S/C28H18/c1-2-8-20-16-24-17-23(14-13-21(24)15-19(20)7-1)28-18-22-9-3-4-10-25(22)26-11-5-6-12-27(26)28/h1-18H. The quantitative estimate of drug-likeness (QED) is 0.207. The minimum atomic E-state index is 1.27.